The highest BCUT2D eigenvalue weighted by Gasteiger charge is 2.47. The molecule has 0 spiro atoms. The average Bonchev–Trinajstić information content (AvgIpc) is 2.73. The minimum absolute atomic E-state index is 0.0295. The molecule has 1 heterocycles. The van der Waals surface area contributed by atoms with Gasteiger partial charge in [0.25, 0.3) is 0 Å². The molecule has 0 saturated heterocycles. The molecule has 0 radical (unpaired) electrons. The SMILES string of the molecule is CC(CCCc1ccccc1)Oc1cc(C=O)c2c(c1)OC(C)(C)C1CCC(=O)CC21. The van der Waals surface area contributed by atoms with E-state index in [1.54, 1.807) is 0 Å². The van der Waals surface area contributed by atoms with Gasteiger partial charge in [0.1, 0.15) is 22.9 Å². The first-order valence-corrected chi connectivity index (χ1v) is 11.4. The Morgan fingerprint density at radius 1 is 1.23 bits per heavy atom. The van der Waals surface area contributed by atoms with Crippen molar-refractivity contribution in [3.8, 4) is 11.5 Å². The van der Waals surface area contributed by atoms with Gasteiger partial charge in [-0.25, -0.2) is 0 Å². The van der Waals surface area contributed by atoms with E-state index < -0.39 is 0 Å². The molecule has 31 heavy (non-hydrogen) atoms. The molecule has 4 heteroatoms. The summed E-state index contributed by atoms with van der Waals surface area (Å²) in [6.45, 7) is 6.24. The lowest BCUT2D eigenvalue weighted by molar-refractivity contribution is -0.124. The van der Waals surface area contributed by atoms with Gasteiger partial charge in [-0.1, -0.05) is 30.3 Å². The van der Waals surface area contributed by atoms with E-state index in [9.17, 15) is 9.59 Å². The molecule has 1 fully saturated rings. The van der Waals surface area contributed by atoms with Crippen molar-refractivity contribution in [2.75, 3.05) is 0 Å². The van der Waals surface area contributed by atoms with Crippen molar-refractivity contribution in [1.29, 1.82) is 0 Å². The molecule has 0 aromatic heterocycles. The molecule has 3 atom stereocenters. The number of carbonyl (C=O) groups is 2. The molecule has 1 aliphatic carbocycles. The molecule has 4 nitrogen and oxygen atoms in total. The Morgan fingerprint density at radius 2 is 2.00 bits per heavy atom. The van der Waals surface area contributed by atoms with Crippen molar-refractivity contribution in [2.45, 2.75) is 76.9 Å². The largest absolute Gasteiger partial charge is 0.491 e. The summed E-state index contributed by atoms with van der Waals surface area (Å²) in [6, 6.07) is 14.2. The maximum absolute atomic E-state index is 12.2. The zero-order valence-electron chi connectivity index (χ0n) is 18.7. The van der Waals surface area contributed by atoms with Gasteiger partial charge in [0.15, 0.2) is 6.29 Å². The number of aryl methyl sites for hydroxylation is 1. The third kappa shape index (κ3) is 4.68. The average molecular weight is 421 g/mol. The Morgan fingerprint density at radius 3 is 2.74 bits per heavy atom. The van der Waals surface area contributed by atoms with Crippen LogP contribution in [0, 0.1) is 5.92 Å². The second kappa shape index (κ2) is 8.86. The van der Waals surface area contributed by atoms with Crippen LogP contribution in [0.5, 0.6) is 11.5 Å². The van der Waals surface area contributed by atoms with Gasteiger partial charge in [-0.05, 0) is 58.1 Å². The summed E-state index contributed by atoms with van der Waals surface area (Å²) in [5, 5.41) is 0. The lowest BCUT2D eigenvalue weighted by Gasteiger charge is -2.47. The number of carbonyl (C=O) groups excluding carboxylic acids is 2. The normalized spacial score (nSPS) is 22.6. The maximum atomic E-state index is 12.2. The van der Waals surface area contributed by atoms with E-state index in [0.717, 1.165) is 37.5 Å². The van der Waals surface area contributed by atoms with E-state index in [2.05, 4.69) is 45.0 Å². The molecule has 1 saturated carbocycles. The fraction of sp³-hybridized carbons (Fsp3) is 0.481. The van der Waals surface area contributed by atoms with Gasteiger partial charge in [0.2, 0.25) is 0 Å². The topological polar surface area (TPSA) is 52.6 Å². The van der Waals surface area contributed by atoms with Crippen LogP contribution >= 0.6 is 0 Å². The summed E-state index contributed by atoms with van der Waals surface area (Å²) in [7, 11) is 0. The lowest BCUT2D eigenvalue weighted by Crippen LogP contribution is -2.47. The summed E-state index contributed by atoms with van der Waals surface area (Å²) in [4.78, 5) is 24.2. The van der Waals surface area contributed by atoms with Crippen LogP contribution in [0.1, 0.15) is 80.3 Å². The van der Waals surface area contributed by atoms with Crippen molar-refractivity contribution in [2.24, 2.45) is 5.92 Å². The molecule has 1 aliphatic heterocycles. The first-order chi connectivity index (χ1) is 14.9. The first kappa shape index (κ1) is 21.6. The van der Waals surface area contributed by atoms with Crippen molar-refractivity contribution >= 4 is 12.1 Å². The van der Waals surface area contributed by atoms with Crippen molar-refractivity contribution in [3.05, 3.63) is 59.2 Å². The van der Waals surface area contributed by atoms with Crippen LogP contribution in [0.25, 0.3) is 0 Å². The molecular weight excluding hydrogens is 388 g/mol. The van der Waals surface area contributed by atoms with Crippen molar-refractivity contribution in [3.63, 3.8) is 0 Å². The van der Waals surface area contributed by atoms with Gasteiger partial charge < -0.3 is 9.47 Å². The fourth-order valence-corrected chi connectivity index (χ4v) is 5.30. The fourth-order valence-electron chi connectivity index (χ4n) is 5.30. The Hall–Kier alpha value is -2.62. The Labute approximate surface area is 185 Å². The molecule has 0 amide bonds. The number of benzene rings is 2. The monoisotopic (exact) mass is 420 g/mol. The van der Waals surface area contributed by atoms with Crippen LogP contribution in [0.2, 0.25) is 0 Å². The van der Waals surface area contributed by atoms with Crippen LogP contribution in [-0.2, 0) is 11.2 Å². The molecule has 2 aromatic rings. The number of hydrogen-bond acceptors (Lipinski definition) is 4. The van der Waals surface area contributed by atoms with Crippen molar-refractivity contribution < 1.29 is 19.1 Å². The molecule has 0 bridgehead atoms. The van der Waals surface area contributed by atoms with E-state index in [4.69, 9.17) is 9.47 Å². The summed E-state index contributed by atoms with van der Waals surface area (Å²) < 4.78 is 12.6. The number of fused-ring (bicyclic) bond motifs is 3. The van der Waals surface area contributed by atoms with Crippen LogP contribution in [0.15, 0.2) is 42.5 Å². The first-order valence-electron chi connectivity index (χ1n) is 11.4. The van der Waals surface area contributed by atoms with Gasteiger partial charge in [-0.15, -0.1) is 0 Å². The highest BCUT2D eigenvalue weighted by Crippen LogP contribution is 2.52. The number of Topliss-reactive ketones (excluding diaryl/α,β-unsaturated/α-hetero) is 1. The number of ketones is 1. The van der Waals surface area contributed by atoms with Gasteiger partial charge in [0, 0.05) is 41.9 Å². The van der Waals surface area contributed by atoms with Crippen LogP contribution in [-0.4, -0.2) is 23.8 Å². The maximum Gasteiger partial charge on any atom is 0.150 e. The van der Waals surface area contributed by atoms with Crippen LogP contribution in [0.4, 0.5) is 0 Å². The standard InChI is InChI=1S/C27H32O4/c1-18(8-7-11-19-9-5-4-6-10-19)30-22-14-20(17-28)26-23-15-21(29)12-13-24(23)27(2,3)31-25(26)16-22/h4-6,9-10,14,16-18,23-24H,7-8,11-13,15H2,1-3H3. The van der Waals surface area contributed by atoms with Crippen LogP contribution < -0.4 is 9.47 Å². The third-order valence-corrected chi connectivity index (χ3v) is 6.83. The Balaban J connectivity index is 1.50. The minimum atomic E-state index is -0.377. The van der Waals surface area contributed by atoms with Crippen LogP contribution in [0.3, 0.4) is 0 Å². The van der Waals surface area contributed by atoms with E-state index >= 15 is 0 Å². The van der Waals surface area contributed by atoms with Gasteiger partial charge >= 0.3 is 0 Å². The van der Waals surface area contributed by atoms with Crippen molar-refractivity contribution in [1.82, 2.24) is 0 Å². The molecule has 2 aliphatic rings. The smallest absolute Gasteiger partial charge is 0.150 e. The second-order valence-corrected chi connectivity index (χ2v) is 9.55. The molecule has 4 rings (SSSR count). The van der Waals surface area contributed by atoms with Gasteiger partial charge in [-0.3, -0.25) is 9.59 Å². The third-order valence-electron chi connectivity index (χ3n) is 6.83. The number of rotatable bonds is 7. The Bertz CT molecular complexity index is 947. The predicted molar refractivity (Wildman–Crippen MR) is 121 cm³/mol. The lowest BCUT2D eigenvalue weighted by atomic mass is 9.66. The molecule has 0 N–H and O–H groups in total. The summed E-state index contributed by atoms with van der Waals surface area (Å²) in [6.07, 6.45) is 5.78. The van der Waals surface area contributed by atoms with E-state index in [1.165, 1.54) is 5.56 Å². The summed E-state index contributed by atoms with van der Waals surface area (Å²) in [5.41, 5.74) is 2.43. The van der Waals surface area contributed by atoms with E-state index in [1.807, 2.05) is 18.2 Å². The Kier molecular flexibility index (Phi) is 6.17. The van der Waals surface area contributed by atoms with E-state index in [0.29, 0.717) is 29.9 Å². The number of ether oxygens (including phenoxy) is 2. The highest BCUT2D eigenvalue weighted by atomic mass is 16.5. The quantitative estimate of drug-likeness (QED) is 0.522. The predicted octanol–water partition coefficient (Wildman–Crippen LogP) is 5.91. The molecule has 3 unspecified atom stereocenters. The minimum Gasteiger partial charge on any atom is -0.491 e. The molecular formula is C27H32O4. The second-order valence-electron chi connectivity index (χ2n) is 9.55. The zero-order valence-corrected chi connectivity index (χ0v) is 18.7. The summed E-state index contributed by atoms with van der Waals surface area (Å²) >= 11 is 0. The summed E-state index contributed by atoms with van der Waals surface area (Å²) in [5.74, 6) is 1.90. The van der Waals surface area contributed by atoms with Gasteiger partial charge in [0.05, 0.1) is 6.10 Å². The molecule has 164 valence electrons. The number of aldehydes is 1. The number of hydrogen-bond donors (Lipinski definition) is 0. The molecule has 2 aromatic carbocycles. The zero-order chi connectivity index (χ0) is 22.0. The van der Waals surface area contributed by atoms with Gasteiger partial charge in [-0.2, -0.15) is 0 Å². The van der Waals surface area contributed by atoms with E-state index in [-0.39, 0.29) is 29.3 Å². The highest BCUT2D eigenvalue weighted by molar-refractivity contribution is 5.84.